The van der Waals surface area contributed by atoms with Crippen molar-refractivity contribution in [2.45, 2.75) is 18.1 Å². The quantitative estimate of drug-likeness (QED) is 0.743. The maximum absolute atomic E-state index is 12.0. The van der Waals surface area contributed by atoms with Gasteiger partial charge < -0.3 is 14.6 Å². The molecule has 0 unspecified atom stereocenters. The molecule has 0 aliphatic rings. The molecule has 0 fully saturated rings. The molecule has 8 heteroatoms. The van der Waals surface area contributed by atoms with Crippen LogP contribution in [0, 0.1) is 11.3 Å². The van der Waals surface area contributed by atoms with Gasteiger partial charge in [0.1, 0.15) is 12.4 Å². The fourth-order valence-corrected chi connectivity index (χ4v) is 2.72. The molecule has 0 atom stereocenters. The van der Waals surface area contributed by atoms with Gasteiger partial charge in [-0.1, -0.05) is 23.9 Å². The molecule has 0 radical (unpaired) electrons. The molecule has 23 heavy (non-hydrogen) atoms. The minimum atomic E-state index is -0.136. The van der Waals surface area contributed by atoms with Crippen molar-refractivity contribution in [1.29, 1.82) is 5.26 Å². The molecule has 7 nitrogen and oxygen atoms in total. The summed E-state index contributed by atoms with van der Waals surface area (Å²) in [6, 6.07) is 8.98. The number of aromatic nitrogens is 3. The van der Waals surface area contributed by atoms with Crippen LogP contribution < -0.4 is 5.32 Å². The smallest absolute Gasteiger partial charge is 0.225 e. The molecular weight excluding hydrogens is 314 g/mol. The lowest BCUT2D eigenvalue weighted by Gasteiger charge is -2.07. The second-order valence-electron chi connectivity index (χ2n) is 4.60. The van der Waals surface area contributed by atoms with Crippen molar-refractivity contribution in [3.8, 4) is 6.07 Å². The second-order valence-corrected chi connectivity index (χ2v) is 5.67. The SMILES string of the molecule is COCCn1cnnc1SCCC(=O)Nc1ccccc1C#N. The molecule has 1 aromatic carbocycles. The summed E-state index contributed by atoms with van der Waals surface area (Å²) in [4.78, 5) is 12.0. The highest BCUT2D eigenvalue weighted by atomic mass is 32.2. The molecular formula is C15H17N5O2S. The first-order chi connectivity index (χ1) is 11.2. The maximum atomic E-state index is 12.0. The van der Waals surface area contributed by atoms with E-state index in [9.17, 15) is 4.79 Å². The summed E-state index contributed by atoms with van der Waals surface area (Å²) < 4.78 is 6.91. The Kier molecular flexibility index (Phi) is 6.59. The number of hydrogen-bond acceptors (Lipinski definition) is 6. The van der Waals surface area contributed by atoms with Crippen molar-refractivity contribution >= 4 is 23.4 Å². The van der Waals surface area contributed by atoms with Crippen molar-refractivity contribution < 1.29 is 9.53 Å². The van der Waals surface area contributed by atoms with Crippen molar-refractivity contribution in [3.63, 3.8) is 0 Å². The molecule has 120 valence electrons. The summed E-state index contributed by atoms with van der Waals surface area (Å²) in [6.45, 7) is 1.25. The summed E-state index contributed by atoms with van der Waals surface area (Å²) in [5.74, 6) is 0.440. The Morgan fingerprint density at radius 3 is 3.09 bits per heavy atom. The predicted octanol–water partition coefficient (Wildman–Crippen LogP) is 1.92. The molecule has 0 aliphatic heterocycles. The van der Waals surface area contributed by atoms with Gasteiger partial charge in [0, 0.05) is 25.8 Å². The molecule has 0 saturated carbocycles. The third-order valence-electron chi connectivity index (χ3n) is 3.00. The zero-order valence-electron chi connectivity index (χ0n) is 12.7. The van der Waals surface area contributed by atoms with E-state index in [4.69, 9.17) is 10.00 Å². The van der Waals surface area contributed by atoms with Crippen LogP contribution in [0.3, 0.4) is 0 Å². The Morgan fingerprint density at radius 2 is 2.30 bits per heavy atom. The number of nitrogens with zero attached hydrogens (tertiary/aromatic N) is 4. The monoisotopic (exact) mass is 331 g/mol. The lowest BCUT2D eigenvalue weighted by molar-refractivity contribution is -0.115. The van der Waals surface area contributed by atoms with Gasteiger partial charge in [0.2, 0.25) is 5.91 Å². The summed E-state index contributed by atoms with van der Waals surface area (Å²) >= 11 is 1.46. The number of thioether (sulfide) groups is 1. The van der Waals surface area contributed by atoms with Gasteiger partial charge in [-0.3, -0.25) is 4.79 Å². The Hall–Kier alpha value is -2.37. The van der Waals surface area contributed by atoms with Crippen LogP contribution in [0.25, 0.3) is 0 Å². The van der Waals surface area contributed by atoms with Crippen LogP contribution in [0.4, 0.5) is 5.69 Å². The van der Waals surface area contributed by atoms with E-state index in [1.54, 1.807) is 37.7 Å². The number of amides is 1. The maximum Gasteiger partial charge on any atom is 0.225 e. The molecule has 2 rings (SSSR count). The van der Waals surface area contributed by atoms with E-state index < -0.39 is 0 Å². The first-order valence-electron chi connectivity index (χ1n) is 7.03. The Bertz CT molecular complexity index is 695. The second kappa shape index (κ2) is 8.92. The highest BCUT2D eigenvalue weighted by Gasteiger charge is 2.09. The average molecular weight is 331 g/mol. The van der Waals surface area contributed by atoms with Gasteiger partial charge in [-0.2, -0.15) is 5.26 Å². The zero-order chi connectivity index (χ0) is 16.5. The Morgan fingerprint density at radius 1 is 1.48 bits per heavy atom. The summed E-state index contributed by atoms with van der Waals surface area (Å²) in [5, 5.41) is 20.4. The number of para-hydroxylation sites is 1. The number of hydrogen-bond donors (Lipinski definition) is 1. The van der Waals surface area contributed by atoms with Gasteiger partial charge in [0.05, 0.1) is 17.9 Å². The number of carbonyl (C=O) groups is 1. The van der Waals surface area contributed by atoms with Gasteiger partial charge in [-0.05, 0) is 12.1 Å². The first-order valence-corrected chi connectivity index (χ1v) is 8.01. The van der Waals surface area contributed by atoms with E-state index in [-0.39, 0.29) is 5.91 Å². The van der Waals surface area contributed by atoms with Gasteiger partial charge in [-0.15, -0.1) is 10.2 Å². The van der Waals surface area contributed by atoms with Gasteiger partial charge in [-0.25, -0.2) is 0 Å². The van der Waals surface area contributed by atoms with E-state index in [1.807, 2.05) is 4.57 Å². The lowest BCUT2D eigenvalue weighted by Crippen LogP contribution is -2.13. The number of rotatable bonds is 8. The van der Waals surface area contributed by atoms with Crippen LogP contribution in [0.5, 0.6) is 0 Å². The number of methoxy groups -OCH3 is 1. The molecule has 1 heterocycles. The molecule has 1 N–H and O–H groups in total. The minimum Gasteiger partial charge on any atom is -0.383 e. The Labute approximate surface area is 138 Å². The van der Waals surface area contributed by atoms with Crippen LogP contribution in [0.2, 0.25) is 0 Å². The highest BCUT2D eigenvalue weighted by molar-refractivity contribution is 7.99. The molecule has 2 aromatic rings. The van der Waals surface area contributed by atoms with Crippen molar-refractivity contribution in [2.75, 3.05) is 24.8 Å². The van der Waals surface area contributed by atoms with E-state index in [0.717, 1.165) is 5.16 Å². The van der Waals surface area contributed by atoms with Gasteiger partial charge in [0.15, 0.2) is 5.16 Å². The lowest BCUT2D eigenvalue weighted by atomic mass is 10.2. The number of anilines is 1. The largest absolute Gasteiger partial charge is 0.383 e. The predicted molar refractivity (Wildman–Crippen MR) is 87.0 cm³/mol. The summed E-state index contributed by atoms with van der Waals surface area (Å²) in [7, 11) is 1.64. The number of ether oxygens (including phenoxy) is 1. The van der Waals surface area contributed by atoms with Crippen molar-refractivity contribution in [1.82, 2.24) is 14.8 Å². The van der Waals surface area contributed by atoms with Gasteiger partial charge in [0.25, 0.3) is 0 Å². The van der Waals surface area contributed by atoms with Crippen molar-refractivity contribution in [2.24, 2.45) is 0 Å². The normalized spacial score (nSPS) is 10.3. The molecule has 0 spiro atoms. The fourth-order valence-electron chi connectivity index (χ4n) is 1.84. The number of nitriles is 1. The first kappa shape index (κ1) is 17.0. The fraction of sp³-hybridized carbons (Fsp3) is 0.333. The number of carbonyl (C=O) groups excluding carboxylic acids is 1. The van der Waals surface area contributed by atoms with Crippen LogP contribution in [0.1, 0.15) is 12.0 Å². The molecule has 1 amide bonds. The third kappa shape index (κ3) is 5.09. The zero-order valence-corrected chi connectivity index (χ0v) is 13.5. The standard InChI is InChI=1S/C15H17N5O2S/c1-22-8-7-20-11-17-19-15(20)23-9-6-14(21)18-13-5-3-2-4-12(13)10-16/h2-5,11H,6-9H2,1H3,(H,18,21). The number of nitrogens with one attached hydrogen (secondary N) is 1. The highest BCUT2D eigenvalue weighted by Crippen LogP contribution is 2.17. The summed E-state index contributed by atoms with van der Waals surface area (Å²) in [5.41, 5.74) is 0.987. The minimum absolute atomic E-state index is 0.136. The molecule has 1 aromatic heterocycles. The van der Waals surface area contributed by atoms with Crippen LogP contribution in [0.15, 0.2) is 35.7 Å². The number of benzene rings is 1. The van der Waals surface area contributed by atoms with E-state index in [1.165, 1.54) is 11.8 Å². The van der Waals surface area contributed by atoms with E-state index >= 15 is 0 Å². The molecule has 0 bridgehead atoms. The molecule has 0 aliphatic carbocycles. The van der Waals surface area contributed by atoms with E-state index in [2.05, 4.69) is 21.6 Å². The summed E-state index contributed by atoms with van der Waals surface area (Å²) in [6.07, 6.45) is 1.96. The van der Waals surface area contributed by atoms with Gasteiger partial charge >= 0.3 is 0 Å². The van der Waals surface area contributed by atoms with Crippen molar-refractivity contribution in [3.05, 3.63) is 36.2 Å². The van der Waals surface area contributed by atoms with Crippen LogP contribution in [-0.4, -0.2) is 40.1 Å². The average Bonchev–Trinajstić information content (AvgIpc) is 3.01. The topological polar surface area (TPSA) is 92.8 Å². The van der Waals surface area contributed by atoms with Crippen LogP contribution in [-0.2, 0) is 16.1 Å². The van der Waals surface area contributed by atoms with Crippen LogP contribution >= 0.6 is 11.8 Å². The van der Waals surface area contributed by atoms with E-state index in [0.29, 0.717) is 36.6 Å². The Balaban J connectivity index is 1.81. The molecule has 0 saturated heterocycles. The third-order valence-corrected chi connectivity index (χ3v) is 3.98.